The number of carbonyl (C=O) groups excluding carboxylic acids is 2. The maximum absolute atomic E-state index is 11.1. The van der Waals surface area contributed by atoms with Gasteiger partial charge in [0.2, 0.25) is 0 Å². The first-order valence-electron chi connectivity index (χ1n) is 3.71. The van der Waals surface area contributed by atoms with Crippen molar-refractivity contribution in [3.05, 3.63) is 28.8 Å². The summed E-state index contributed by atoms with van der Waals surface area (Å²) < 4.78 is 0. The summed E-state index contributed by atoms with van der Waals surface area (Å²) in [6.45, 7) is 0. The fourth-order valence-corrected chi connectivity index (χ4v) is 1.33. The Morgan fingerprint density at radius 2 is 1.93 bits per heavy atom. The fourth-order valence-electron chi connectivity index (χ4n) is 1.33. The summed E-state index contributed by atoms with van der Waals surface area (Å²) in [6.07, 6.45) is 3.36. The fraction of sp³-hybridized carbons (Fsp3) is 0.125. The third kappa shape index (κ3) is 1.39. The molecule has 1 fully saturated rings. The van der Waals surface area contributed by atoms with Crippen molar-refractivity contribution in [2.45, 2.75) is 6.42 Å². The third-order valence-electron chi connectivity index (χ3n) is 1.96. The number of allylic oxidation sites excluding steroid dienone is 2. The van der Waals surface area contributed by atoms with Gasteiger partial charge in [-0.15, -0.1) is 0 Å². The Morgan fingerprint density at radius 3 is 2.57 bits per heavy atom. The van der Waals surface area contributed by atoms with E-state index in [0.29, 0.717) is 17.7 Å². The van der Waals surface area contributed by atoms with Gasteiger partial charge in [0.05, 0.1) is 12.0 Å². The van der Waals surface area contributed by atoms with Gasteiger partial charge < -0.3 is 17.9 Å². The maximum Gasteiger partial charge on any atom is 0.296 e. The molecular formula is C8H5ClN3O2-. The quantitative estimate of drug-likeness (QED) is 0.257. The summed E-state index contributed by atoms with van der Waals surface area (Å²) >= 11 is 0. The van der Waals surface area contributed by atoms with E-state index < -0.39 is 5.91 Å². The lowest BCUT2D eigenvalue weighted by molar-refractivity contribution is -0.123. The molecule has 1 heterocycles. The van der Waals surface area contributed by atoms with Gasteiger partial charge in [-0.05, 0) is 0 Å². The van der Waals surface area contributed by atoms with Crippen molar-refractivity contribution in [2.24, 2.45) is 0 Å². The highest BCUT2D eigenvalue weighted by Crippen LogP contribution is 2.21. The predicted octanol–water partition coefficient (Wildman–Crippen LogP) is -3.43. The minimum atomic E-state index is -0.433. The van der Waals surface area contributed by atoms with Gasteiger partial charge >= 0.3 is 0 Å². The molecule has 2 aliphatic rings. The van der Waals surface area contributed by atoms with Crippen molar-refractivity contribution in [3.63, 3.8) is 0 Å². The van der Waals surface area contributed by atoms with Crippen molar-refractivity contribution in [2.75, 3.05) is 0 Å². The molecule has 0 atom stereocenters. The van der Waals surface area contributed by atoms with Crippen molar-refractivity contribution in [3.8, 4) is 0 Å². The van der Waals surface area contributed by atoms with Gasteiger partial charge in [-0.25, -0.2) is 0 Å². The molecule has 0 aromatic heterocycles. The number of fused-ring (bicyclic) bond motifs is 1. The molecule has 1 aliphatic carbocycles. The minimum absolute atomic E-state index is 0. The van der Waals surface area contributed by atoms with E-state index in [4.69, 9.17) is 5.53 Å². The molecule has 0 aromatic rings. The summed E-state index contributed by atoms with van der Waals surface area (Å²) in [7, 11) is 0. The molecule has 1 aliphatic heterocycles. The molecule has 14 heavy (non-hydrogen) atoms. The van der Waals surface area contributed by atoms with Gasteiger partial charge in [-0.3, -0.25) is 14.9 Å². The van der Waals surface area contributed by atoms with E-state index in [1.807, 2.05) is 0 Å². The summed E-state index contributed by atoms with van der Waals surface area (Å²) in [5.74, 6) is -0.815. The highest BCUT2D eigenvalue weighted by Gasteiger charge is 2.33. The zero-order valence-electron chi connectivity index (χ0n) is 6.95. The first-order chi connectivity index (χ1) is 6.22. The zero-order valence-corrected chi connectivity index (χ0v) is 7.71. The lowest BCUT2D eigenvalue weighted by Crippen LogP contribution is -3.00. The SMILES string of the molecule is [Cl-].[N-]=[N+]=C1C=C2C(=O)NC(=O)C2=CC1. The second-order valence-electron chi connectivity index (χ2n) is 2.75. The largest absolute Gasteiger partial charge is 1.00 e. The molecule has 5 nitrogen and oxygen atoms in total. The first kappa shape index (κ1) is 10.4. The number of rotatable bonds is 0. The van der Waals surface area contributed by atoms with Gasteiger partial charge in [0, 0.05) is 11.6 Å². The number of hydrogen-bond donors (Lipinski definition) is 1. The van der Waals surface area contributed by atoms with E-state index in [9.17, 15) is 9.59 Å². The van der Waals surface area contributed by atoms with Gasteiger partial charge in [0.1, 0.15) is 0 Å². The lowest BCUT2D eigenvalue weighted by Gasteiger charge is -1.98. The summed E-state index contributed by atoms with van der Waals surface area (Å²) in [6, 6.07) is 0. The van der Waals surface area contributed by atoms with E-state index >= 15 is 0 Å². The van der Waals surface area contributed by atoms with E-state index in [-0.39, 0.29) is 23.9 Å². The van der Waals surface area contributed by atoms with E-state index in [2.05, 4.69) is 10.1 Å². The Morgan fingerprint density at radius 1 is 1.29 bits per heavy atom. The van der Waals surface area contributed by atoms with Crippen molar-refractivity contribution in [1.29, 1.82) is 0 Å². The van der Waals surface area contributed by atoms with E-state index in [0.717, 1.165) is 0 Å². The third-order valence-corrected chi connectivity index (χ3v) is 1.96. The highest BCUT2D eigenvalue weighted by atomic mass is 35.5. The molecule has 72 valence electrons. The number of nitrogens with one attached hydrogen (secondary N) is 1. The average molecular weight is 211 g/mol. The Kier molecular flexibility index (Phi) is 2.65. The van der Waals surface area contributed by atoms with Crippen molar-refractivity contribution in [1.82, 2.24) is 5.32 Å². The summed E-state index contributed by atoms with van der Waals surface area (Å²) in [5, 5.41) is 2.15. The number of imide groups is 1. The second-order valence-corrected chi connectivity index (χ2v) is 2.75. The van der Waals surface area contributed by atoms with Crippen LogP contribution in [-0.4, -0.2) is 22.3 Å². The normalized spacial score (nSPS) is 18.7. The molecular weight excluding hydrogens is 206 g/mol. The minimum Gasteiger partial charge on any atom is -1.00 e. The maximum atomic E-state index is 11.1. The van der Waals surface area contributed by atoms with E-state index in [1.54, 1.807) is 6.08 Å². The molecule has 1 saturated heterocycles. The van der Waals surface area contributed by atoms with Crippen LogP contribution in [0.5, 0.6) is 0 Å². The molecule has 0 bridgehead atoms. The van der Waals surface area contributed by atoms with Gasteiger partial charge in [0.25, 0.3) is 17.5 Å². The van der Waals surface area contributed by atoms with Crippen LogP contribution in [0.3, 0.4) is 0 Å². The van der Waals surface area contributed by atoms with Crippen LogP contribution in [0.25, 0.3) is 5.53 Å². The standard InChI is InChI=1S/C8H5N3O2.ClH/c9-11-4-1-2-5-6(3-4)8(13)10-7(5)12;/h2-3H,1H2,(H,10,12,13);1H/p-1. The highest BCUT2D eigenvalue weighted by molar-refractivity contribution is 6.27. The Bertz CT molecular complexity index is 430. The topological polar surface area (TPSA) is 82.6 Å². The molecule has 2 rings (SSSR count). The van der Waals surface area contributed by atoms with Crippen LogP contribution in [-0.2, 0) is 9.59 Å². The molecule has 0 aromatic carbocycles. The Hall–Kier alpha value is -1.71. The van der Waals surface area contributed by atoms with Gasteiger partial charge in [-0.2, -0.15) is 4.79 Å². The van der Waals surface area contributed by atoms with Crippen LogP contribution in [0.1, 0.15) is 6.42 Å². The molecule has 1 N–H and O–H groups in total. The number of hydrogen-bond acceptors (Lipinski definition) is 2. The average Bonchev–Trinajstić information content (AvgIpc) is 2.42. The van der Waals surface area contributed by atoms with Crippen LogP contribution in [0.2, 0.25) is 0 Å². The predicted molar refractivity (Wildman–Crippen MR) is 42.6 cm³/mol. The van der Waals surface area contributed by atoms with Crippen LogP contribution >= 0.6 is 0 Å². The van der Waals surface area contributed by atoms with E-state index in [1.165, 1.54) is 6.08 Å². The van der Waals surface area contributed by atoms with Crippen LogP contribution in [0.4, 0.5) is 0 Å². The molecule has 0 saturated carbocycles. The summed E-state index contributed by atoms with van der Waals surface area (Å²) in [4.78, 5) is 25.1. The summed E-state index contributed by atoms with van der Waals surface area (Å²) in [5.41, 5.74) is 9.49. The van der Waals surface area contributed by atoms with Gasteiger partial charge in [0.15, 0.2) is 0 Å². The zero-order chi connectivity index (χ0) is 9.42. The van der Waals surface area contributed by atoms with Crippen molar-refractivity contribution >= 4 is 17.5 Å². The smallest absolute Gasteiger partial charge is 0.296 e. The van der Waals surface area contributed by atoms with Crippen LogP contribution in [0, 0.1) is 0 Å². The Balaban J connectivity index is 0.000000980. The van der Waals surface area contributed by atoms with Gasteiger partial charge in [-0.1, -0.05) is 6.08 Å². The molecule has 6 heteroatoms. The van der Waals surface area contributed by atoms with Crippen LogP contribution < -0.4 is 17.7 Å². The van der Waals surface area contributed by atoms with Crippen LogP contribution in [0.15, 0.2) is 23.3 Å². The molecule has 0 unspecified atom stereocenters. The molecule has 2 amide bonds. The lowest BCUT2D eigenvalue weighted by atomic mass is 9.99. The number of carbonyl (C=O) groups is 2. The monoisotopic (exact) mass is 210 g/mol. The van der Waals surface area contributed by atoms with Crippen molar-refractivity contribution < 1.29 is 26.8 Å². The number of amides is 2. The first-order valence-corrected chi connectivity index (χ1v) is 3.71. The second kappa shape index (κ2) is 3.57. The molecule has 0 radical (unpaired) electrons. The Labute approximate surface area is 85.5 Å². The number of halogens is 1. The molecule has 0 spiro atoms. The number of nitrogens with zero attached hydrogens (tertiary/aromatic N) is 2.